The predicted octanol–water partition coefficient (Wildman–Crippen LogP) is 3.18. The van der Waals surface area contributed by atoms with Gasteiger partial charge in [0.2, 0.25) is 0 Å². The molecule has 5 nitrogen and oxygen atoms in total. The molecule has 0 fully saturated rings. The first-order valence-corrected chi connectivity index (χ1v) is 8.70. The van der Waals surface area contributed by atoms with Crippen LogP contribution in [0, 0.1) is 5.41 Å². The van der Waals surface area contributed by atoms with E-state index in [4.69, 9.17) is 19.6 Å². The summed E-state index contributed by atoms with van der Waals surface area (Å²) in [6.07, 6.45) is 5.37. The van der Waals surface area contributed by atoms with Crippen molar-refractivity contribution in [2.75, 3.05) is 26.4 Å². The van der Waals surface area contributed by atoms with Crippen molar-refractivity contribution >= 4 is 6.21 Å². The Morgan fingerprint density at radius 2 is 1.45 bits per heavy atom. The second kappa shape index (κ2) is 15.4. The molecule has 0 aliphatic rings. The van der Waals surface area contributed by atoms with Crippen LogP contribution in [0.15, 0.2) is 0 Å². The van der Waals surface area contributed by atoms with Crippen molar-refractivity contribution < 1.29 is 19.3 Å². The minimum atomic E-state index is -0.776. The van der Waals surface area contributed by atoms with Gasteiger partial charge in [-0.15, -0.1) is 0 Å². The van der Waals surface area contributed by atoms with Crippen LogP contribution in [0.25, 0.3) is 0 Å². The van der Waals surface area contributed by atoms with Crippen LogP contribution in [-0.2, 0) is 14.2 Å². The van der Waals surface area contributed by atoms with Gasteiger partial charge in [-0.2, -0.15) is 0 Å². The molecular weight excluding hydrogens is 282 g/mol. The van der Waals surface area contributed by atoms with Gasteiger partial charge in [0, 0.05) is 26.0 Å². The van der Waals surface area contributed by atoms with E-state index < -0.39 is 18.3 Å². The van der Waals surface area contributed by atoms with Gasteiger partial charge < -0.3 is 24.7 Å². The maximum absolute atomic E-state index is 10.3. The van der Waals surface area contributed by atoms with Crippen LogP contribution >= 0.6 is 0 Å². The largest absolute Gasteiger partial charge is 0.388 e. The normalized spacial score (nSPS) is 15.5. The topological polar surface area (TPSA) is 71.8 Å². The summed E-state index contributed by atoms with van der Waals surface area (Å²) < 4.78 is 17.0. The first-order chi connectivity index (χ1) is 10.7. The maximum atomic E-state index is 10.3. The molecule has 0 radical (unpaired) electrons. The minimum Gasteiger partial charge on any atom is -0.388 e. The molecule has 0 aliphatic carbocycles. The van der Waals surface area contributed by atoms with E-state index in [0.29, 0.717) is 19.8 Å². The number of rotatable bonds is 16. The van der Waals surface area contributed by atoms with E-state index in [-0.39, 0.29) is 6.61 Å². The van der Waals surface area contributed by atoms with Crippen LogP contribution in [-0.4, -0.2) is 56.1 Å². The molecule has 5 heteroatoms. The van der Waals surface area contributed by atoms with Gasteiger partial charge in [-0.25, -0.2) is 0 Å². The van der Waals surface area contributed by atoms with Crippen molar-refractivity contribution in [2.45, 2.75) is 77.6 Å². The Labute approximate surface area is 135 Å². The van der Waals surface area contributed by atoms with Crippen LogP contribution in [0.2, 0.25) is 0 Å². The van der Waals surface area contributed by atoms with E-state index in [2.05, 4.69) is 20.8 Å². The highest BCUT2D eigenvalue weighted by Gasteiger charge is 2.29. The zero-order chi connectivity index (χ0) is 16.6. The second-order valence-corrected chi connectivity index (χ2v) is 5.54. The zero-order valence-corrected chi connectivity index (χ0v) is 14.6. The fraction of sp³-hybridized carbons (Fsp3) is 0.941. The van der Waals surface area contributed by atoms with Gasteiger partial charge in [0.1, 0.15) is 18.3 Å². The Balaban J connectivity index is 4.43. The van der Waals surface area contributed by atoms with Crippen LogP contribution < -0.4 is 0 Å². The van der Waals surface area contributed by atoms with Crippen molar-refractivity contribution in [3.8, 4) is 0 Å². The highest BCUT2D eigenvalue weighted by molar-refractivity contribution is 5.60. The van der Waals surface area contributed by atoms with Gasteiger partial charge in [-0.05, 0) is 19.3 Å². The average Bonchev–Trinajstić information content (AvgIpc) is 2.53. The van der Waals surface area contributed by atoms with E-state index in [0.717, 1.165) is 38.5 Å². The van der Waals surface area contributed by atoms with Crippen LogP contribution in [0.3, 0.4) is 0 Å². The number of ether oxygens (including phenoxy) is 3. The molecule has 2 N–H and O–H groups in total. The molecule has 0 unspecified atom stereocenters. The van der Waals surface area contributed by atoms with Gasteiger partial charge in [-0.3, -0.25) is 0 Å². The summed E-state index contributed by atoms with van der Waals surface area (Å²) in [5, 5.41) is 17.9. The molecule has 3 atom stereocenters. The lowest BCUT2D eigenvalue weighted by molar-refractivity contribution is -0.118. The minimum absolute atomic E-state index is 0.221. The lowest BCUT2D eigenvalue weighted by atomic mass is 10.1. The van der Waals surface area contributed by atoms with Gasteiger partial charge in [0.25, 0.3) is 0 Å². The first-order valence-electron chi connectivity index (χ1n) is 8.70. The SMILES string of the molecule is CCCCOC[C@@H](O)[C@@H](OCCCC)[C@@H](C=N)OCCCC. The highest BCUT2D eigenvalue weighted by atomic mass is 16.6. The van der Waals surface area contributed by atoms with Crippen molar-refractivity contribution in [1.82, 2.24) is 0 Å². The summed E-state index contributed by atoms with van der Waals surface area (Å²) in [5.41, 5.74) is 0. The molecule has 0 bridgehead atoms. The summed E-state index contributed by atoms with van der Waals surface area (Å²) >= 11 is 0. The van der Waals surface area contributed by atoms with Crippen LogP contribution in [0.1, 0.15) is 59.3 Å². The molecule has 0 aliphatic heterocycles. The molecule has 0 aromatic carbocycles. The Hall–Kier alpha value is -0.490. The molecule has 0 saturated carbocycles. The van der Waals surface area contributed by atoms with Crippen molar-refractivity contribution in [2.24, 2.45) is 0 Å². The molecule has 0 saturated heterocycles. The fourth-order valence-corrected chi connectivity index (χ4v) is 1.94. The van der Waals surface area contributed by atoms with E-state index in [1.165, 1.54) is 6.21 Å². The molecule has 0 spiro atoms. The monoisotopic (exact) mass is 317 g/mol. The Bertz CT molecular complexity index is 251. The third-order valence-electron chi connectivity index (χ3n) is 3.41. The molecule has 0 amide bonds. The highest BCUT2D eigenvalue weighted by Crippen LogP contribution is 2.11. The van der Waals surface area contributed by atoms with Crippen molar-refractivity contribution in [3.63, 3.8) is 0 Å². The number of nitrogens with one attached hydrogen (secondary N) is 1. The fourth-order valence-electron chi connectivity index (χ4n) is 1.94. The summed E-state index contributed by atoms with van der Waals surface area (Å²) in [6, 6.07) is 0. The van der Waals surface area contributed by atoms with E-state index in [9.17, 15) is 5.11 Å². The van der Waals surface area contributed by atoms with E-state index in [1.54, 1.807) is 0 Å². The Morgan fingerprint density at radius 1 is 0.909 bits per heavy atom. The van der Waals surface area contributed by atoms with Crippen molar-refractivity contribution in [1.29, 1.82) is 5.41 Å². The molecule has 132 valence electrons. The van der Waals surface area contributed by atoms with Crippen LogP contribution in [0.4, 0.5) is 0 Å². The summed E-state index contributed by atoms with van der Waals surface area (Å²) in [6.45, 7) is 8.29. The van der Waals surface area contributed by atoms with Crippen LogP contribution in [0.5, 0.6) is 0 Å². The summed E-state index contributed by atoms with van der Waals surface area (Å²) in [4.78, 5) is 0. The van der Waals surface area contributed by atoms with Gasteiger partial charge in [0.05, 0.1) is 6.61 Å². The quantitative estimate of drug-likeness (QED) is 0.339. The number of aliphatic hydroxyl groups is 1. The predicted molar refractivity (Wildman–Crippen MR) is 89.8 cm³/mol. The number of aliphatic hydroxyl groups excluding tert-OH is 1. The molecule has 0 rings (SSSR count). The van der Waals surface area contributed by atoms with Crippen molar-refractivity contribution in [3.05, 3.63) is 0 Å². The lowest BCUT2D eigenvalue weighted by Gasteiger charge is -2.28. The molecule has 0 aromatic rings. The number of unbranched alkanes of at least 4 members (excludes halogenated alkanes) is 3. The zero-order valence-electron chi connectivity index (χ0n) is 14.6. The third kappa shape index (κ3) is 10.3. The maximum Gasteiger partial charge on any atom is 0.121 e. The van der Waals surface area contributed by atoms with Gasteiger partial charge in [0.15, 0.2) is 0 Å². The number of hydrogen-bond donors (Lipinski definition) is 2. The van der Waals surface area contributed by atoms with Gasteiger partial charge in [-0.1, -0.05) is 40.0 Å². The van der Waals surface area contributed by atoms with Gasteiger partial charge >= 0.3 is 0 Å². The molecular formula is C17H35NO4. The van der Waals surface area contributed by atoms with E-state index in [1.807, 2.05) is 0 Å². The third-order valence-corrected chi connectivity index (χ3v) is 3.41. The lowest BCUT2D eigenvalue weighted by Crippen LogP contribution is -2.44. The summed E-state index contributed by atoms with van der Waals surface area (Å²) in [7, 11) is 0. The molecule has 0 heterocycles. The second-order valence-electron chi connectivity index (χ2n) is 5.54. The van der Waals surface area contributed by atoms with E-state index >= 15 is 0 Å². The number of hydrogen-bond acceptors (Lipinski definition) is 5. The summed E-state index contributed by atoms with van der Waals surface area (Å²) in [5.74, 6) is 0. The standard InChI is InChI=1S/C17H35NO4/c1-4-7-10-20-14-15(19)17(22-12-9-6-3)16(13-18)21-11-8-5-2/h13,15-19H,4-12,14H2,1-3H3/t15-,16-,17-/m1/s1. The Kier molecular flexibility index (Phi) is 15.1. The molecule has 22 heavy (non-hydrogen) atoms. The average molecular weight is 317 g/mol. The first kappa shape index (κ1) is 21.5. The smallest absolute Gasteiger partial charge is 0.121 e. The molecule has 0 aromatic heterocycles. The Morgan fingerprint density at radius 3 is 2.00 bits per heavy atom.